The van der Waals surface area contributed by atoms with Gasteiger partial charge in [0, 0.05) is 36.1 Å². The first-order valence-corrected chi connectivity index (χ1v) is 10.8. The van der Waals surface area contributed by atoms with Gasteiger partial charge in [-0.05, 0) is 35.9 Å². The van der Waals surface area contributed by atoms with E-state index >= 15 is 0 Å². The molecular weight excluding hydrogens is 445 g/mol. The van der Waals surface area contributed by atoms with E-state index in [2.05, 4.69) is 10.2 Å². The molecule has 1 aliphatic carbocycles. The summed E-state index contributed by atoms with van der Waals surface area (Å²) in [6.07, 6.45) is -2.33. The van der Waals surface area contributed by atoms with Crippen LogP contribution in [0.3, 0.4) is 0 Å². The number of H-pyrrole nitrogens is 1. The van der Waals surface area contributed by atoms with Crippen molar-refractivity contribution in [3.05, 3.63) is 53.3 Å². The molecule has 2 aliphatic rings. The molecule has 0 bridgehead atoms. The number of nitrogens with one attached hydrogen (secondary N) is 1. The molecule has 1 saturated heterocycles. The fraction of sp³-hybridized carbons (Fsp3) is 0.333. The van der Waals surface area contributed by atoms with Gasteiger partial charge in [-0.1, -0.05) is 6.07 Å². The van der Waals surface area contributed by atoms with Gasteiger partial charge >= 0.3 is 5.97 Å². The number of aromatic amines is 1. The fourth-order valence-electron chi connectivity index (χ4n) is 4.69. The summed E-state index contributed by atoms with van der Waals surface area (Å²) in [5.41, 5.74) is 3.95. The minimum Gasteiger partial charge on any atom is -0.493 e. The van der Waals surface area contributed by atoms with Gasteiger partial charge in [0.2, 0.25) is 0 Å². The van der Waals surface area contributed by atoms with Gasteiger partial charge in [-0.15, -0.1) is 0 Å². The summed E-state index contributed by atoms with van der Waals surface area (Å²) in [7, 11) is 3.14. The molecule has 1 aromatic heterocycles. The molecule has 34 heavy (non-hydrogen) atoms. The van der Waals surface area contributed by atoms with Crippen LogP contribution in [0.1, 0.15) is 24.0 Å². The zero-order chi connectivity index (χ0) is 24.0. The third kappa shape index (κ3) is 3.74. The molecule has 1 fully saturated rings. The number of aliphatic hydroxyl groups excluding tert-OH is 1. The van der Waals surface area contributed by atoms with Crippen LogP contribution in [0, 0.1) is 5.82 Å². The number of hydrogen-bond acceptors (Lipinski definition) is 7. The number of aliphatic hydroxyl groups is 1. The van der Waals surface area contributed by atoms with Crippen molar-refractivity contribution in [3.8, 4) is 22.8 Å². The number of fused-ring (bicyclic) bond motifs is 3. The van der Waals surface area contributed by atoms with Crippen LogP contribution in [-0.4, -0.2) is 59.0 Å². The lowest BCUT2D eigenvalue weighted by atomic mass is 10.0. The molecule has 10 heteroatoms. The number of hydrogen-bond donors (Lipinski definition) is 3. The van der Waals surface area contributed by atoms with E-state index in [1.165, 1.54) is 12.1 Å². The molecule has 2 heterocycles. The first-order chi connectivity index (χ1) is 16.4. The lowest BCUT2D eigenvalue weighted by Gasteiger charge is -2.38. The standard InChI is InChI=1S/C24H24FN3O6/c1-32-18-7-12-6-17-22(16(12)11-19(18)33-2)26-27-23(17)28(14-5-3-4-13(25)8-14)21-10-15(29)9-20(34-21)24(30)31/h3-5,7-8,11,15,20-21,29H,6,9-10H2,1-2H3,(H,26,27)(H,30,31). The molecule has 3 aromatic rings. The maximum absolute atomic E-state index is 14.2. The second kappa shape index (κ2) is 8.62. The van der Waals surface area contributed by atoms with Gasteiger partial charge < -0.3 is 24.4 Å². The summed E-state index contributed by atoms with van der Waals surface area (Å²) < 4.78 is 30.9. The number of aliphatic carboxylic acids is 1. The Balaban J connectivity index is 1.60. The van der Waals surface area contributed by atoms with Gasteiger partial charge in [0.05, 0.1) is 26.0 Å². The van der Waals surface area contributed by atoms with E-state index in [0.29, 0.717) is 29.4 Å². The maximum Gasteiger partial charge on any atom is 0.333 e. The van der Waals surface area contributed by atoms with Gasteiger partial charge in [-0.2, -0.15) is 5.10 Å². The number of carboxylic acid groups (broad SMARTS) is 1. The quantitative estimate of drug-likeness (QED) is 0.394. The van der Waals surface area contributed by atoms with Crippen LogP contribution in [0.15, 0.2) is 36.4 Å². The van der Waals surface area contributed by atoms with Crippen LogP contribution >= 0.6 is 0 Å². The highest BCUT2D eigenvalue weighted by atomic mass is 19.1. The molecule has 2 aromatic carbocycles. The fourth-order valence-corrected chi connectivity index (χ4v) is 4.69. The Morgan fingerprint density at radius 1 is 1.21 bits per heavy atom. The number of nitrogens with zero attached hydrogens (tertiary/aromatic N) is 2. The molecule has 0 saturated carbocycles. The summed E-state index contributed by atoms with van der Waals surface area (Å²) in [5.74, 6) is 0.0274. The molecule has 3 N–H and O–H groups in total. The van der Waals surface area contributed by atoms with Crippen LogP contribution < -0.4 is 14.4 Å². The van der Waals surface area contributed by atoms with E-state index in [1.807, 2.05) is 12.1 Å². The van der Waals surface area contributed by atoms with Gasteiger partial charge in [0.25, 0.3) is 0 Å². The number of halogens is 1. The van der Waals surface area contributed by atoms with Gasteiger partial charge in [0.15, 0.2) is 23.4 Å². The molecule has 9 nitrogen and oxygen atoms in total. The Kier molecular flexibility index (Phi) is 5.62. The van der Waals surface area contributed by atoms with Gasteiger partial charge in [0.1, 0.15) is 12.0 Å². The largest absolute Gasteiger partial charge is 0.493 e. The van der Waals surface area contributed by atoms with Crippen LogP contribution in [0.2, 0.25) is 0 Å². The molecule has 3 unspecified atom stereocenters. The van der Waals surface area contributed by atoms with Crippen LogP contribution in [0.4, 0.5) is 15.9 Å². The smallest absolute Gasteiger partial charge is 0.333 e. The van der Waals surface area contributed by atoms with Gasteiger partial charge in [-0.3, -0.25) is 10.00 Å². The Morgan fingerprint density at radius 3 is 2.68 bits per heavy atom. The second-order valence-corrected chi connectivity index (χ2v) is 8.33. The molecule has 0 spiro atoms. The van der Waals surface area contributed by atoms with Crippen molar-refractivity contribution in [2.24, 2.45) is 0 Å². The molecular formula is C24H24FN3O6. The van der Waals surface area contributed by atoms with Crippen LogP contribution in [0.5, 0.6) is 11.5 Å². The molecule has 178 valence electrons. The third-order valence-electron chi connectivity index (χ3n) is 6.25. The maximum atomic E-state index is 14.2. The Bertz CT molecular complexity index is 1250. The van der Waals surface area contributed by atoms with E-state index < -0.39 is 30.2 Å². The predicted octanol–water partition coefficient (Wildman–Crippen LogP) is 3.23. The first-order valence-electron chi connectivity index (χ1n) is 10.8. The lowest BCUT2D eigenvalue weighted by Crippen LogP contribution is -2.47. The topological polar surface area (TPSA) is 117 Å². The number of rotatable bonds is 6. The Morgan fingerprint density at radius 2 is 1.97 bits per heavy atom. The van der Waals surface area contributed by atoms with E-state index in [-0.39, 0.29) is 12.8 Å². The summed E-state index contributed by atoms with van der Waals surface area (Å²) >= 11 is 0. The summed E-state index contributed by atoms with van der Waals surface area (Å²) in [4.78, 5) is 13.3. The third-order valence-corrected chi connectivity index (χ3v) is 6.25. The van der Waals surface area contributed by atoms with Crippen LogP contribution in [-0.2, 0) is 16.0 Å². The average molecular weight is 469 g/mol. The van der Waals surface area contributed by atoms with E-state index in [0.717, 1.165) is 22.4 Å². The minimum atomic E-state index is -1.19. The second-order valence-electron chi connectivity index (χ2n) is 8.33. The first kappa shape index (κ1) is 22.2. The molecule has 0 radical (unpaired) electrons. The number of benzene rings is 2. The van der Waals surface area contributed by atoms with Crippen molar-refractivity contribution in [2.45, 2.75) is 37.7 Å². The Labute approximate surface area is 194 Å². The number of anilines is 2. The molecule has 3 atom stereocenters. The highest BCUT2D eigenvalue weighted by Gasteiger charge is 2.39. The number of methoxy groups -OCH3 is 2. The zero-order valence-electron chi connectivity index (χ0n) is 18.6. The normalized spacial score (nSPS) is 21.0. The van der Waals surface area contributed by atoms with Crippen molar-refractivity contribution in [1.82, 2.24) is 10.2 Å². The van der Waals surface area contributed by atoms with E-state index in [4.69, 9.17) is 14.2 Å². The van der Waals surface area contributed by atoms with E-state index in [1.54, 1.807) is 31.3 Å². The monoisotopic (exact) mass is 469 g/mol. The van der Waals surface area contributed by atoms with Crippen molar-refractivity contribution < 1.29 is 33.6 Å². The van der Waals surface area contributed by atoms with Crippen molar-refractivity contribution in [3.63, 3.8) is 0 Å². The van der Waals surface area contributed by atoms with E-state index in [9.17, 15) is 19.4 Å². The number of ether oxygens (including phenoxy) is 3. The molecule has 0 amide bonds. The number of carboxylic acids is 1. The minimum absolute atomic E-state index is 0.0213. The highest BCUT2D eigenvalue weighted by molar-refractivity contribution is 5.82. The summed E-state index contributed by atoms with van der Waals surface area (Å²) in [6, 6.07) is 9.67. The van der Waals surface area contributed by atoms with Gasteiger partial charge in [-0.25, -0.2) is 9.18 Å². The van der Waals surface area contributed by atoms with Crippen molar-refractivity contribution in [1.29, 1.82) is 0 Å². The average Bonchev–Trinajstić information content (AvgIpc) is 3.37. The SMILES string of the molecule is COc1cc2c(cc1OC)-c1[nH]nc(N(c3cccc(F)c3)C3CC(O)CC(C(=O)O)O3)c1C2. The highest BCUT2D eigenvalue weighted by Crippen LogP contribution is 2.46. The van der Waals surface area contributed by atoms with Crippen LogP contribution in [0.25, 0.3) is 11.3 Å². The predicted molar refractivity (Wildman–Crippen MR) is 120 cm³/mol. The van der Waals surface area contributed by atoms with Crippen molar-refractivity contribution in [2.75, 3.05) is 19.1 Å². The van der Waals surface area contributed by atoms with Crippen molar-refractivity contribution >= 4 is 17.5 Å². The molecule has 1 aliphatic heterocycles. The summed E-state index contributed by atoms with van der Waals surface area (Å²) in [5, 5.41) is 27.5. The lowest BCUT2D eigenvalue weighted by molar-refractivity contribution is -0.165. The zero-order valence-corrected chi connectivity index (χ0v) is 18.6. The molecule has 5 rings (SSSR count). The Hall–Kier alpha value is -3.63. The number of carbonyl (C=O) groups is 1. The summed E-state index contributed by atoms with van der Waals surface area (Å²) in [6.45, 7) is 0. The number of aromatic nitrogens is 2.